The maximum atomic E-state index is 13.7. The van der Waals surface area contributed by atoms with Crippen LogP contribution >= 0.6 is 31.9 Å². The predicted molar refractivity (Wildman–Crippen MR) is 154 cm³/mol. The van der Waals surface area contributed by atoms with Crippen molar-refractivity contribution in [1.82, 2.24) is 10.2 Å². The summed E-state index contributed by atoms with van der Waals surface area (Å²) in [5, 5.41) is 4.99. The highest BCUT2D eigenvalue weighted by atomic mass is 79.9. The summed E-state index contributed by atoms with van der Waals surface area (Å²) >= 11 is 7.09. The van der Waals surface area contributed by atoms with Crippen LogP contribution in [0.2, 0.25) is 0 Å². The van der Waals surface area contributed by atoms with Crippen LogP contribution in [-0.4, -0.2) is 35.9 Å². The van der Waals surface area contributed by atoms with Gasteiger partial charge in [-0.3, -0.25) is 9.59 Å². The minimum atomic E-state index is -0.692. The van der Waals surface area contributed by atoms with Crippen LogP contribution in [0.15, 0.2) is 99.9 Å². The second-order valence-corrected chi connectivity index (χ2v) is 10.3. The van der Waals surface area contributed by atoms with Crippen molar-refractivity contribution in [3.8, 4) is 5.75 Å². The van der Waals surface area contributed by atoms with Crippen LogP contribution in [-0.2, 0) is 22.6 Å². The van der Waals surface area contributed by atoms with E-state index in [9.17, 15) is 9.59 Å². The summed E-state index contributed by atoms with van der Waals surface area (Å²) in [6, 6.07) is 28.6. The first-order valence-electron chi connectivity index (χ1n) is 12.1. The van der Waals surface area contributed by atoms with Crippen LogP contribution in [0.3, 0.4) is 0 Å². The van der Waals surface area contributed by atoms with E-state index >= 15 is 0 Å². The number of amides is 2. The molecule has 5 nitrogen and oxygen atoms in total. The molecule has 7 heteroatoms. The molecule has 0 fully saturated rings. The lowest BCUT2D eigenvalue weighted by Crippen LogP contribution is -2.51. The first-order chi connectivity index (χ1) is 18.0. The largest absolute Gasteiger partial charge is 0.483 e. The van der Waals surface area contributed by atoms with Gasteiger partial charge in [0.15, 0.2) is 6.61 Å². The molecule has 1 N–H and O–H groups in total. The molecule has 0 aliphatic carbocycles. The molecule has 0 aliphatic heterocycles. The summed E-state index contributed by atoms with van der Waals surface area (Å²) < 4.78 is 7.75. The monoisotopic (exact) mass is 622 g/mol. The van der Waals surface area contributed by atoms with Crippen LogP contribution in [0.1, 0.15) is 18.1 Å². The van der Waals surface area contributed by atoms with Crippen LogP contribution in [0.25, 0.3) is 10.8 Å². The third-order valence-electron chi connectivity index (χ3n) is 6.07. The van der Waals surface area contributed by atoms with Gasteiger partial charge in [-0.05, 0) is 63.0 Å². The molecule has 4 aromatic carbocycles. The zero-order chi connectivity index (χ0) is 26.2. The Balaban J connectivity index is 1.62. The molecular weight excluding hydrogens is 596 g/mol. The Morgan fingerprint density at radius 2 is 1.57 bits per heavy atom. The Kier molecular flexibility index (Phi) is 9.36. The minimum absolute atomic E-state index is 0.191. The highest BCUT2D eigenvalue weighted by molar-refractivity contribution is 9.11. The number of fused-ring (bicyclic) bond motifs is 1. The van der Waals surface area contributed by atoms with Crippen LogP contribution in [0.5, 0.6) is 5.75 Å². The van der Waals surface area contributed by atoms with E-state index in [1.165, 1.54) is 0 Å². The van der Waals surface area contributed by atoms with Gasteiger partial charge >= 0.3 is 0 Å². The molecule has 0 bridgehead atoms. The van der Waals surface area contributed by atoms with Crippen molar-refractivity contribution in [3.63, 3.8) is 0 Å². The number of nitrogens with one attached hydrogen (secondary N) is 1. The molecule has 4 rings (SSSR count). The van der Waals surface area contributed by atoms with Gasteiger partial charge in [-0.1, -0.05) is 88.7 Å². The number of likely N-dealkylation sites (N-methyl/N-ethyl adjacent to an activating group) is 1. The van der Waals surface area contributed by atoms with E-state index < -0.39 is 6.04 Å². The number of benzene rings is 4. The predicted octanol–water partition coefficient (Wildman–Crippen LogP) is 6.52. The summed E-state index contributed by atoms with van der Waals surface area (Å²) in [5.41, 5.74) is 1.90. The van der Waals surface area contributed by atoms with E-state index in [-0.39, 0.29) is 25.0 Å². The van der Waals surface area contributed by atoms with E-state index in [1.807, 2.05) is 97.9 Å². The number of carbonyl (C=O) groups is 2. The highest BCUT2D eigenvalue weighted by Crippen LogP contribution is 2.33. The molecule has 37 heavy (non-hydrogen) atoms. The molecular formula is C30H28Br2N2O3. The van der Waals surface area contributed by atoms with Gasteiger partial charge in [0.2, 0.25) is 5.91 Å². The summed E-state index contributed by atoms with van der Waals surface area (Å²) in [5.74, 6) is 0.118. The quantitative estimate of drug-likeness (QED) is 0.219. The molecule has 2 amide bonds. The highest BCUT2D eigenvalue weighted by Gasteiger charge is 2.30. The maximum Gasteiger partial charge on any atom is 0.261 e. The molecule has 0 radical (unpaired) electrons. The minimum Gasteiger partial charge on any atom is -0.483 e. The first-order valence-corrected chi connectivity index (χ1v) is 13.7. The van der Waals surface area contributed by atoms with Gasteiger partial charge in [-0.25, -0.2) is 0 Å². The fraction of sp³-hybridized carbons (Fsp3) is 0.200. The fourth-order valence-electron chi connectivity index (χ4n) is 4.18. The van der Waals surface area contributed by atoms with E-state index in [4.69, 9.17) is 4.74 Å². The molecule has 0 saturated heterocycles. The first kappa shape index (κ1) is 26.9. The van der Waals surface area contributed by atoms with Gasteiger partial charge in [-0.2, -0.15) is 0 Å². The van der Waals surface area contributed by atoms with Gasteiger partial charge in [0, 0.05) is 24.0 Å². The van der Waals surface area contributed by atoms with Crippen molar-refractivity contribution >= 4 is 54.4 Å². The summed E-state index contributed by atoms with van der Waals surface area (Å²) in [4.78, 5) is 28.6. The zero-order valence-corrected chi connectivity index (χ0v) is 23.7. The Morgan fingerprint density at radius 3 is 2.30 bits per heavy atom. The summed E-state index contributed by atoms with van der Waals surface area (Å²) in [6.07, 6.45) is 0.397. The van der Waals surface area contributed by atoms with E-state index in [2.05, 4.69) is 37.2 Å². The van der Waals surface area contributed by atoms with Crippen molar-refractivity contribution in [1.29, 1.82) is 0 Å². The molecule has 0 saturated carbocycles. The summed E-state index contributed by atoms with van der Waals surface area (Å²) in [7, 11) is 0. The van der Waals surface area contributed by atoms with Crippen molar-refractivity contribution < 1.29 is 14.3 Å². The number of rotatable bonds is 10. The topological polar surface area (TPSA) is 58.6 Å². The van der Waals surface area contributed by atoms with E-state index in [0.29, 0.717) is 18.7 Å². The fourth-order valence-corrected chi connectivity index (χ4v) is 5.05. The second kappa shape index (κ2) is 12.9. The molecule has 0 aliphatic rings. The lowest BCUT2D eigenvalue weighted by atomic mass is 10.0. The number of hydrogen-bond acceptors (Lipinski definition) is 3. The van der Waals surface area contributed by atoms with Crippen LogP contribution in [0, 0.1) is 0 Å². The Hall–Kier alpha value is -3.16. The third kappa shape index (κ3) is 6.99. The number of hydrogen-bond donors (Lipinski definition) is 1. The molecule has 4 aromatic rings. The van der Waals surface area contributed by atoms with Gasteiger partial charge < -0.3 is 15.0 Å². The van der Waals surface area contributed by atoms with Crippen LogP contribution in [0.4, 0.5) is 0 Å². The van der Waals surface area contributed by atoms with Gasteiger partial charge in [0.05, 0.1) is 4.47 Å². The Morgan fingerprint density at radius 1 is 0.865 bits per heavy atom. The van der Waals surface area contributed by atoms with Crippen molar-refractivity contribution in [2.24, 2.45) is 0 Å². The number of ether oxygens (including phenoxy) is 1. The van der Waals surface area contributed by atoms with Crippen molar-refractivity contribution in [2.75, 3.05) is 13.2 Å². The average molecular weight is 624 g/mol. The van der Waals surface area contributed by atoms with Crippen molar-refractivity contribution in [2.45, 2.75) is 25.9 Å². The van der Waals surface area contributed by atoms with Gasteiger partial charge in [-0.15, -0.1) is 0 Å². The molecule has 0 aromatic heterocycles. The van der Waals surface area contributed by atoms with Crippen molar-refractivity contribution in [3.05, 3.63) is 111 Å². The van der Waals surface area contributed by atoms with E-state index in [0.717, 1.165) is 30.8 Å². The Labute approximate surface area is 234 Å². The average Bonchev–Trinajstić information content (AvgIpc) is 2.92. The number of nitrogens with zero attached hydrogens (tertiary/aromatic N) is 1. The summed E-state index contributed by atoms with van der Waals surface area (Å²) in [6.45, 7) is 2.44. The smallest absolute Gasteiger partial charge is 0.261 e. The van der Waals surface area contributed by atoms with E-state index in [1.54, 1.807) is 4.90 Å². The lowest BCUT2D eigenvalue weighted by molar-refractivity contribution is -0.142. The zero-order valence-electron chi connectivity index (χ0n) is 20.5. The molecule has 0 heterocycles. The SMILES string of the molecule is CCNC(=O)[C@@H](Cc1ccccc1)N(Cc1ccc(Br)cc1)C(=O)COc1ccc2ccccc2c1Br. The maximum absolute atomic E-state index is 13.7. The number of carbonyl (C=O) groups excluding carboxylic acids is 2. The Bertz CT molecular complexity index is 1360. The lowest BCUT2D eigenvalue weighted by Gasteiger charge is -2.31. The molecule has 190 valence electrons. The third-order valence-corrected chi connectivity index (χ3v) is 7.41. The van der Waals surface area contributed by atoms with Crippen LogP contribution < -0.4 is 10.1 Å². The molecule has 1 atom stereocenters. The standard InChI is InChI=1S/C30H28Br2N2O3/c1-2-33-30(36)26(18-21-8-4-3-5-9-21)34(19-22-12-15-24(31)16-13-22)28(35)20-37-27-17-14-23-10-6-7-11-25(23)29(27)32/h3-17,26H,2,18-20H2,1H3,(H,33,36)/t26-/m1/s1. The van der Waals surface area contributed by atoms with Gasteiger partial charge in [0.25, 0.3) is 5.91 Å². The normalized spacial score (nSPS) is 11.6. The number of halogens is 2. The molecule has 0 spiro atoms. The van der Waals surface area contributed by atoms with Gasteiger partial charge in [0.1, 0.15) is 11.8 Å². The molecule has 0 unspecified atom stereocenters. The second-order valence-electron chi connectivity index (χ2n) is 8.64.